The van der Waals surface area contributed by atoms with E-state index in [4.69, 9.17) is 4.42 Å². The topological polar surface area (TPSA) is 38.1 Å². The molecule has 0 aromatic carbocycles. The van der Waals surface area contributed by atoms with Crippen LogP contribution >= 0.6 is 27.3 Å². The van der Waals surface area contributed by atoms with Crippen molar-refractivity contribution in [1.82, 2.24) is 10.3 Å². The number of thiazole rings is 1. The Morgan fingerprint density at radius 1 is 1.60 bits per heavy atom. The van der Waals surface area contributed by atoms with Crippen LogP contribution in [0.5, 0.6) is 0 Å². The van der Waals surface area contributed by atoms with Gasteiger partial charge in [-0.05, 0) is 36.0 Å². The summed E-state index contributed by atoms with van der Waals surface area (Å²) in [5.74, 6) is 0.890. The summed E-state index contributed by atoms with van der Waals surface area (Å²) < 4.78 is 6.43. The minimum atomic E-state index is 0.0700. The molecule has 0 amide bonds. The summed E-state index contributed by atoms with van der Waals surface area (Å²) in [5.41, 5.74) is 0. The maximum Gasteiger partial charge on any atom is 0.140 e. The fraction of sp³-hybridized carbons (Fsp3) is 0.300. The molecular formula is C10H11BrN2OS. The van der Waals surface area contributed by atoms with E-state index in [1.54, 1.807) is 17.6 Å². The van der Waals surface area contributed by atoms with Gasteiger partial charge in [0.05, 0.1) is 15.7 Å². The van der Waals surface area contributed by atoms with Crippen molar-refractivity contribution in [3.05, 3.63) is 38.6 Å². The Kier molecular flexibility index (Phi) is 3.23. The van der Waals surface area contributed by atoms with Crippen molar-refractivity contribution in [2.75, 3.05) is 7.05 Å². The lowest BCUT2D eigenvalue weighted by atomic mass is 10.2. The van der Waals surface area contributed by atoms with E-state index in [9.17, 15) is 0 Å². The van der Waals surface area contributed by atoms with E-state index < -0.39 is 0 Å². The Hall–Kier alpha value is -0.650. The minimum absolute atomic E-state index is 0.0700. The van der Waals surface area contributed by atoms with Crippen LogP contribution in [0.2, 0.25) is 0 Å². The van der Waals surface area contributed by atoms with Crippen LogP contribution in [0.25, 0.3) is 0 Å². The summed E-state index contributed by atoms with van der Waals surface area (Å²) in [6.45, 7) is 2.00. The molecular weight excluding hydrogens is 276 g/mol. The van der Waals surface area contributed by atoms with Gasteiger partial charge in [-0.1, -0.05) is 0 Å². The summed E-state index contributed by atoms with van der Waals surface area (Å²) in [5, 5.41) is 4.28. The largest absolute Gasteiger partial charge is 0.466 e. The number of hydrogen-bond donors (Lipinski definition) is 1. The highest BCUT2D eigenvalue weighted by atomic mass is 79.9. The first-order valence-electron chi connectivity index (χ1n) is 4.55. The molecule has 0 saturated carbocycles. The monoisotopic (exact) mass is 286 g/mol. The number of furan rings is 1. The van der Waals surface area contributed by atoms with Crippen LogP contribution in [0.4, 0.5) is 0 Å². The molecule has 3 nitrogen and oxygen atoms in total. The third kappa shape index (κ3) is 2.14. The molecule has 15 heavy (non-hydrogen) atoms. The maximum absolute atomic E-state index is 5.45. The van der Waals surface area contributed by atoms with Crippen molar-refractivity contribution in [2.45, 2.75) is 13.0 Å². The first-order valence-corrected chi connectivity index (χ1v) is 6.16. The van der Waals surface area contributed by atoms with E-state index in [0.29, 0.717) is 0 Å². The quantitative estimate of drug-likeness (QED) is 0.942. The molecule has 0 bridgehead atoms. The fourth-order valence-electron chi connectivity index (χ4n) is 1.43. The molecule has 2 rings (SSSR count). The minimum Gasteiger partial charge on any atom is -0.466 e. The van der Waals surface area contributed by atoms with Crippen LogP contribution < -0.4 is 5.32 Å². The second-order valence-electron chi connectivity index (χ2n) is 3.14. The first-order chi connectivity index (χ1) is 7.22. The molecule has 2 aromatic rings. The Morgan fingerprint density at radius 3 is 2.87 bits per heavy atom. The molecule has 0 fully saturated rings. The number of nitrogens with one attached hydrogen (secondary N) is 1. The second-order valence-corrected chi connectivity index (χ2v) is 5.26. The molecule has 0 aliphatic rings. The van der Waals surface area contributed by atoms with E-state index in [1.165, 1.54) is 0 Å². The molecule has 0 radical (unpaired) electrons. The zero-order valence-corrected chi connectivity index (χ0v) is 10.9. The third-order valence-corrected chi connectivity index (χ3v) is 3.75. The van der Waals surface area contributed by atoms with Crippen molar-refractivity contribution in [3.8, 4) is 0 Å². The smallest absolute Gasteiger partial charge is 0.140 e. The predicted molar refractivity (Wildman–Crippen MR) is 64.2 cm³/mol. The van der Waals surface area contributed by atoms with Crippen molar-refractivity contribution >= 4 is 27.3 Å². The van der Waals surface area contributed by atoms with Crippen molar-refractivity contribution in [1.29, 1.82) is 0 Å². The fourth-order valence-corrected chi connectivity index (χ4v) is 2.75. The van der Waals surface area contributed by atoms with Crippen LogP contribution in [0.1, 0.15) is 21.7 Å². The van der Waals surface area contributed by atoms with E-state index in [0.717, 1.165) is 20.1 Å². The van der Waals surface area contributed by atoms with E-state index in [-0.39, 0.29) is 6.04 Å². The van der Waals surface area contributed by atoms with Crippen LogP contribution in [0.3, 0.4) is 0 Å². The summed E-state index contributed by atoms with van der Waals surface area (Å²) >= 11 is 5.14. The van der Waals surface area contributed by atoms with Crippen molar-refractivity contribution in [3.63, 3.8) is 0 Å². The molecule has 80 valence electrons. The number of aromatic nitrogens is 1. The number of hydrogen-bond acceptors (Lipinski definition) is 4. The average Bonchev–Trinajstić information content (AvgIpc) is 2.79. The van der Waals surface area contributed by atoms with E-state index in [2.05, 4.69) is 26.2 Å². The Bertz CT molecular complexity index is 452. The standard InChI is InChI=1S/C10H11BrN2OS/c1-6-13-5-8(15-6)9(12-2)10-7(11)3-4-14-10/h3-5,9,12H,1-2H3. The summed E-state index contributed by atoms with van der Waals surface area (Å²) in [7, 11) is 1.91. The Balaban J connectivity index is 2.36. The maximum atomic E-state index is 5.45. The number of halogens is 1. The number of aryl methyl sites for hydroxylation is 1. The molecule has 0 aliphatic heterocycles. The van der Waals surface area contributed by atoms with Crippen LogP contribution in [0, 0.1) is 6.92 Å². The normalized spacial score (nSPS) is 13.0. The molecule has 0 saturated heterocycles. The highest BCUT2D eigenvalue weighted by Crippen LogP contribution is 2.31. The molecule has 2 aromatic heterocycles. The highest BCUT2D eigenvalue weighted by molar-refractivity contribution is 9.10. The van der Waals surface area contributed by atoms with E-state index in [1.807, 2.05) is 26.2 Å². The second kappa shape index (κ2) is 4.47. The SMILES string of the molecule is CNC(c1cnc(C)s1)c1occc1Br. The van der Waals surface area contributed by atoms with Gasteiger partial charge in [0.25, 0.3) is 0 Å². The van der Waals surface area contributed by atoms with Gasteiger partial charge in [-0.25, -0.2) is 4.98 Å². The zero-order valence-electron chi connectivity index (χ0n) is 8.45. The molecule has 0 spiro atoms. The van der Waals surface area contributed by atoms with Gasteiger partial charge < -0.3 is 9.73 Å². The van der Waals surface area contributed by atoms with Crippen molar-refractivity contribution < 1.29 is 4.42 Å². The highest BCUT2D eigenvalue weighted by Gasteiger charge is 2.20. The van der Waals surface area contributed by atoms with Gasteiger partial charge in [-0.2, -0.15) is 0 Å². The third-order valence-electron chi connectivity index (χ3n) is 2.12. The average molecular weight is 287 g/mol. The van der Waals surface area contributed by atoms with Gasteiger partial charge >= 0.3 is 0 Å². The molecule has 2 heterocycles. The van der Waals surface area contributed by atoms with Crippen molar-refractivity contribution in [2.24, 2.45) is 0 Å². The number of rotatable bonds is 3. The van der Waals surface area contributed by atoms with Crippen LogP contribution in [0.15, 0.2) is 27.4 Å². The Morgan fingerprint density at radius 2 is 2.40 bits per heavy atom. The summed E-state index contributed by atoms with van der Waals surface area (Å²) in [6.07, 6.45) is 3.56. The van der Waals surface area contributed by atoms with Crippen LogP contribution in [-0.2, 0) is 0 Å². The molecule has 5 heteroatoms. The van der Waals surface area contributed by atoms with Gasteiger partial charge in [0.2, 0.25) is 0 Å². The van der Waals surface area contributed by atoms with E-state index >= 15 is 0 Å². The predicted octanol–water partition coefficient (Wildman–Crippen LogP) is 3.12. The molecule has 1 N–H and O–H groups in total. The van der Waals surface area contributed by atoms with Gasteiger partial charge in [0.1, 0.15) is 11.8 Å². The summed E-state index contributed by atoms with van der Waals surface area (Å²) in [4.78, 5) is 5.40. The lowest BCUT2D eigenvalue weighted by Gasteiger charge is -2.11. The van der Waals surface area contributed by atoms with Gasteiger partial charge in [-0.3, -0.25) is 0 Å². The zero-order chi connectivity index (χ0) is 10.8. The van der Waals surface area contributed by atoms with Crippen LogP contribution in [-0.4, -0.2) is 12.0 Å². The first kappa shape index (κ1) is 10.9. The molecule has 1 unspecified atom stereocenters. The van der Waals surface area contributed by atoms with Gasteiger partial charge in [0.15, 0.2) is 0 Å². The lowest BCUT2D eigenvalue weighted by molar-refractivity contribution is 0.463. The number of nitrogens with zero attached hydrogens (tertiary/aromatic N) is 1. The lowest BCUT2D eigenvalue weighted by Crippen LogP contribution is -2.16. The van der Waals surface area contributed by atoms with Gasteiger partial charge in [-0.15, -0.1) is 11.3 Å². The van der Waals surface area contributed by atoms with Gasteiger partial charge in [0, 0.05) is 11.1 Å². The Labute approximate surface area is 101 Å². The molecule has 1 atom stereocenters. The summed E-state index contributed by atoms with van der Waals surface area (Å²) in [6, 6.07) is 1.97. The molecule has 0 aliphatic carbocycles.